The number of ether oxygens (including phenoxy) is 2. The van der Waals surface area contributed by atoms with Crippen LogP contribution in [-0.2, 0) is 4.79 Å². The second kappa shape index (κ2) is 9.13. The van der Waals surface area contributed by atoms with Gasteiger partial charge in [0.15, 0.2) is 0 Å². The molecular formula is C21H24FNO3S. The van der Waals surface area contributed by atoms with Gasteiger partial charge in [-0.05, 0) is 37.1 Å². The van der Waals surface area contributed by atoms with Crippen LogP contribution in [0.15, 0.2) is 47.4 Å². The first kappa shape index (κ1) is 19.5. The molecule has 1 fully saturated rings. The quantitative estimate of drug-likeness (QED) is 0.644. The molecule has 144 valence electrons. The Morgan fingerprint density at radius 3 is 2.78 bits per heavy atom. The lowest BCUT2D eigenvalue weighted by molar-refractivity contribution is -0.131. The number of hydrogen-bond donors (Lipinski definition) is 0. The first-order chi connectivity index (χ1) is 13.1. The van der Waals surface area contributed by atoms with Gasteiger partial charge in [0, 0.05) is 35.2 Å². The second-order valence-electron chi connectivity index (χ2n) is 6.38. The molecule has 2 aromatic rings. The lowest BCUT2D eigenvalue weighted by Gasteiger charge is -2.26. The maximum atomic E-state index is 13.7. The van der Waals surface area contributed by atoms with Crippen LogP contribution in [0.1, 0.15) is 30.9 Å². The molecule has 27 heavy (non-hydrogen) atoms. The Bertz CT molecular complexity index is 799. The van der Waals surface area contributed by atoms with E-state index in [0.717, 1.165) is 36.4 Å². The third-order valence-electron chi connectivity index (χ3n) is 4.78. The van der Waals surface area contributed by atoms with Gasteiger partial charge < -0.3 is 14.4 Å². The summed E-state index contributed by atoms with van der Waals surface area (Å²) in [6.45, 7) is 0.739. The first-order valence-corrected chi connectivity index (χ1v) is 10.0. The maximum absolute atomic E-state index is 13.7. The molecule has 0 bridgehead atoms. The third-order valence-corrected chi connectivity index (χ3v) is 5.83. The highest BCUT2D eigenvalue weighted by molar-refractivity contribution is 7.99. The standard InChI is InChI=1S/C21H24FNO3S/c1-25-15-9-10-16(19(14-15)26-2)18-7-5-12-23(18)21(24)11-13-27-20-8-4-3-6-17(20)22/h3-4,6,8-10,14,18H,5,7,11-13H2,1-2H3. The van der Waals surface area contributed by atoms with Crippen molar-refractivity contribution in [3.8, 4) is 11.5 Å². The zero-order chi connectivity index (χ0) is 19.2. The number of nitrogens with zero attached hydrogens (tertiary/aromatic N) is 1. The van der Waals surface area contributed by atoms with Crippen LogP contribution in [0.2, 0.25) is 0 Å². The van der Waals surface area contributed by atoms with E-state index in [1.165, 1.54) is 17.8 Å². The molecule has 1 aliphatic heterocycles. The minimum absolute atomic E-state index is 0.0109. The van der Waals surface area contributed by atoms with E-state index in [4.69, 9.17) is 9.47 Å². The average Bonchev–Trinajstić information content (AvgIpc) is 3.18. The fourth-order valence-corrected chi connectivity index (χ4v) is 4.31. The van der Waals surface area contributed by atoms with Crippen molar-refractivity contribution >= 4 is 17.7 Å². The minimum atomic E-state index is -0.239. The molecular weight excluding hydrogens is 365 g/mol. The van der Waals surface area contributed by atoms with Crippen molar-refractivity contribution in [2.24, 2.45) is 0 Å². The zero-order valence-electron chi connectivity index (χ0n) is 15.6. The van der Waals surface area contributed by atoms with Gasteiger partial charge in [-0.25, -0.2) is 4.39 Å². The molecule has 2 aromatic carbocycles. The molecule has 0 spiro atoms. The van der Waals surface area contributed by atoms with Crippen LogP contribution < -0.4 is 9.47 Å². The number of hydrogen-bond acceptors (Lipinski definition) is 4. The monoisotopic (exact) mass is 389 g/mol. The predicted molar refractivity (Wildman–Crippen MR) is 105 cm³/mol. The molecule has 3 rings (SSSR count). The van der Waals surface area contributed by atoms with Gasteiger partial charge in [-0.2, -0.15) is 0 Å². The fraction of sp³-hybridized carbons (Fsp3) is 0.381. The van der Waals surface area contributed by atoms with Gasteiger partial charge in [-0.3, -0.25) is 4.79 Å². The summed E-state index contributed by atoms with van der Waals surface area (Å²) in [6, 6.07) is 12.4. The van der Waals surface area contributed by atoms with E-state index < -0.39 is 0 Å². The van der Waals surface area contributed by atoms with E-state index in [9.17, 15) is 9.18 Å². The molecule has 6 heteroatoms. The largest absolute Gasteiger partial charge is 0.497 e. The van der Waals surface area contributed by atoms with Gasteiger partial charge in [0.05, 0.1) is 20.3 Å². The summed E-state index contributed by atoms with van der Waals surface area (Å²) in [5, 5.41) is 0. The van der Waals surface area contributed by atoms with Crippen molar-refractivity contribution < 1.29 is 18.7 Å². The highest BCUT2D eigenvalue weighted by atomic mass is 32.2. The molecule has 1 saturated heterocycles. The fourth-order valence-electron chi connectivity index (χ4n) is 3.44. The SMILES string of the molecule is COc1ccc(C2CCCN2C(=O)CCSc2ccccc2F)c(OC)c1. The normalized spacial score (nSPS) is 16.4. The Kier molecular flexibility index (Phi) is 6.61. The van der Waals surface area contributed by atoms with Crippen molar-refractivity contribution in [3.05, 3.63) is 53.8 Å². The van der Waals surface area contributed by atoms with E-state index >= 15 is 0 Å². The number of methoxy groups -OCH3 is 2. The van der Waals surface area contributed by atoms with Crippen LogP contribution in [0, 0.1) is 5.82 Å². The Balaban J connectivity index is 1.65. The lowest BCUT2D eigenvalue weighted by atomic mass is 10.0. The smallest absolute Gasteiger partial charge is 0.223 e. The molecule has 0 radical (unpaired) electrons. The van der Waals surface area contributed by atoms with E-state index in [2.05, 4.69) is 0 Å². The van der Waals surface area contributed by atoms with Gasteiger partial charge in [-0.15, -0.1) is 11.8 Å². The number of carbonyl (C=O) groups is 1. The molecule has 1 unspecified atom stereocenters. The van der Waals surface area contributed by atoms with Crippen LogP contribution in [0.3, 0.4) is 0 Å². The van der Waals surface area contributed by atoms with Crippen molar-refractivity contribution in [1.82, 2.24) is 4.90 Å². The van der Waals surface area contributed by atoms with Gasteiger partial charge in [-0.1, -0.05) is 12.1 Å². The minimum Gasteiger partial charge on any atom is -0.497 e. The number of thioether (sulfide) groups is 1. The number of carbonyl (C=O) groups excluding carboxylic acids is 1. The lowest BCUT2D eigenvalue weighted by Crippen LogP contribution is -2.31. The molecule has 1 heterocycles. The van der Waals surface area contributed by atoms with Gasteiger partial charge in [0.1, 0.15) is 17.3 Å². The molecule has 0 aromatic heterocycles. The number of halogens is 1. The summed E-state index contributed by atoms with van der Waals surface area (Å²) in [5.41, 5.74) is 1.01. The van der Waals surface area contributed by atoms with E-state index in [1.54, 1.807) is 32.4 Å². The third kappa shape index (κ3) is 4.56. The molecule has 0 N–H and O–H groups in total. The molecule has 1 amide bonds. The van der Waals surface area contributed by atoms with Crippen molar-refractivity contribution in [2.75, 3.05) is 26.5 Å². The topological polar surface area (TPSA) is 38.8 Å². The summed E-state index contributed by atoms with van der Waals surface area (Å²) in [7, 11) is 3.25. The first-order valence-electron chi connectivity index (χ1n) is 9.02. The number of amides is 1. The molecule has 0 saturated carbocycles. The van der Waals surface area contributed by atoms with Gasteiger partial charge in [0.25, 0.3) is 0 Å². The van der Waals surface area contributed by atoms with Crippen LogP contribution >= 0.6 is 11.8 Å². The Morgan fingerprint density at radius 2 is 2.04 bits per heavy atom. The van der Waals surface area contributed by atoms with Crippen molar-refractivity contribution in [2.45, 2.75) is 30.2 Å². The highest BCUT2D eigenvalue weighted by Gasteiger charge is 2.31. The van der Waals surface area contributed by atoms with Crippen LogP contribution in [0.5, 0.6) is 11.5 Å². The Labute approximate surface area is 163 Å². The Hall–Kier alpha value is -2.21. The van der Waals surface area contributed by atoms with Gasteiger partial charge >= 0.3 is 0 Å². The molecule has 1 atom stereocenters. The van der Waals surface area contributed by atoms with E-state index in [-0.39, 0.29) is 17.8 Å². The van der Waals surface area contributed by atoms with E-state index in [1.807, 2.05) is 23.1 Å². The number of benzene rings is 2. The summed E-state index contributed by atoms with van der Waals surface area (Å²) in [5.74, 6) is 1.88. The van der Waals surface area contributed by atoms with Crippen LogP contribution in [-0.4, -0.2) is 37.3 Å². The highest BCUT2D eigenvalue weighted by Crippen LogP contribution is 2.39. The zero-order valence-corrected chi connectivity index (χ0v) is 16.4. The second-order valence-corrected chi connectivity index (χ2v) is 7.52. The van der Waals surface area contributed by atoms with Crippen LogP contribution in [0.4, 0.5) is 4.39 Å². The van der Waals surface area contributed by atoms with E-state index in [0.29, 0.717) is 17.1 Å². The molecule has 4 nitrogen and oxygen atoms in total. The number of likely N-dealkylation sites (tertiary alicyclic amines) is 1. The molecule has 1 aliphatic rings. The van der Waals surface area contributed by atoms with Crippen molar-refractivity contribution in [3.63, 3.8) is 0 Å². The average molecular weight is 389 g/mol. The summed E-state index contributed by atoms with van der Waals surface area (Å²) in [4.78, 5) is 15.3. The van der Waals surface area contributed by atoms with Crippen LogP contribution in [0.25, 0.3) is 0 Å². The molecule has 0 aliphatic carbocycles. The summed E-state index contributed by atoms with van der Waals surface area (Å²) < 4.78 is 24.5. The summed E-state index contributed by atoms with van der Waals surface area (Å²) >= 11 is 1.38. The summed E-state index contributed by atoms with van der Waals surface area (Å²) in [6.07, 6.45) is 2.26. The Morgan fingerprint density at radius 1 is 1.22 bits per heavy atom. The number of rotatable bonds is 7. The predicted octanol–water partition coefficient (Wildman–Crippen LogP) is 4.69. The van der Waals surface area contributed by atoms with Crippen molar-refractivity contribution in [1.29, 1.82) is 0 Å². The van der Waals surface area contributed by atoms with Gasteiger partial charge in [0.2, 0.25) is 5.91 Å². The maximum Gasteiger partial charge on any atom is 0.223 e.